The van der Waals surface area contributed by atoms with Gasteiger partial charge in [-0.25, -0.2) is 5.43 Å². The number of hydrogen-bond acceptors (Lipinski definition) is 7. The summed E-state index contributed by atoms with van der Waals surface area (Å²) in [5.41, 5.74) is 3.52. The molecule has 0 aliphatic heterocycles. The van der Waals surface area contributed by atoms with Gasteiger partial charge < -0.3 is 9.30 Å². The quantitative estimate of drug-likeness (QED) is 0.292. The molecule has 0 saturated heterocycles. The molecule has 1 N–H and O–H groups in total. The van der Waals surface area contributed by atoms with Crippen molar-refractivity contribution in [3.05, 3.63) is 91.2 Å². The van der Waals surface area contributed by atoms with Crippen LogP contribution in [0.15, 0.2) is 70.4 Å². The molecule has 0 bridgehead atoms. The van der Waals surface area contributed by atoms with Crippen molar-refractivity contribution >= 4 is 39.4 Å². The van der Waals surface area contributed by atoms with Gasteiger partial charge in [0, 0.05) is 36.1 Å². The second-order valence-electron chi connectivity index (χ2n) is 6.03. The van der Waals surface area contributed by atoms with E-state index in [1.54, 1.807) is 35.0 Å². The van der Waals surface area contributed by atoms with Crippen molar-refractivity contribution in [1.29, 1.82) is 0 Å². The number of nitrogens with one attached hydrogen (secondary N) is 1. The Morgan fingerprint density at radius 2 is 1.77 bits per heavy atom. The van der Waals surface area contributed by atoms with Gasteiger partial charge >= 0.3 is 0 Å². The molecule has 2 aromatic carbocycles. The molecule has 1 heterocycles. The number of carbonyl (C=O) groups excluding carboxylic acids is 1. The third-order valence-electron chi connectivity index (χ3n) is 3.99. The van der Waals surface area contributed by atoms with Crippen molar-refractivity contribution < 1.29 is 19.4 Å². The smallest absolute Gasteiger partial charge is 0.277 e. The number of carbonyl (C=O) groups is 1. The van der Waals surface area contributed by atoms with Crippen LogP contribution in [0.5, 0.6) is 5.75 Å². The third kappa shape index (κ3) is 5.51. The summed E-state index contributed by atoms with van der Waals surface area (Å²) >= 11 is 3.16. The highest BCUT2D eigenvalue weighted by Gasteiger charge is 2.11. The molecular formula is C19H14BrN5O6. The van der Waals surface area contributed by atoms with E-state index >= 15 is 0 Å². The molecule has 0 spiro atoms. The number of ether oxygens (including phenoxy) is 1. The molecule has 3 aromatic rings. The number of aromatic nitrogens is 1. The Morgan fingerprint density at radius 3 is 2.42 bits per heavy atom. The molecule has 0 atom stereocenters. The van der Waals surface area contributed by atoms with Gasteiger partial charge in [0.15, 0.2) is 6.61 Å². The molecule has 0 radical (unpaired) electrons. The minimum atomic E-state index is -0.539. The van der Waals surface area contributed by atoms with Crippen LogP contribution in [0.4, 0.5) is 11.4 Å². The van der Waals surface area contributed by atoms with Crippen molar-refractivity contribution in [3.8, 4) is 11.4 Å². The summed E-state index contributed by atoms with van der Waals surface area (Å²) in [5, 5.41) is 25.4. The highest BCUT2D eigenvalue weighted by atomic mass is 79.9. The van der Waals surface area contributed by atoms with Crippen molar-refractivity contribution in [2.24, 2.45) is 5.10 Å². The SMILES string of the molecule is O=C(COc1ccc([N+](=O)[O-])cc1Br)N/N=C\c1cccn1-c1ccc([N+](=O)[O-])cc1. The van der Waals surface area contributed by atoms with E-state index in [0.29, 0.717) is 15.9 Å². The maximum atomic E-state index is 11.9. The van der Waals surface area contributed by atoms with Gasteiger partial charge in [0.1, 0.15) is 5.75 Å². The zero-order valence-corrected chi connectivity index (χ0v) is 17.3. The van der Waals surface area contributed by atoms with E-state index in [-0.39, 0.29) is 23.7 Å². The second-order valence-corrected chi connectivity index (χ2v) is 6.88. The van der Waals surface area contributed by atoms with Crippen LogP contribution in [-0.2, 0) is 4.79 Å². The standard InChI is InChI=1S/C19H14BrN5O6/c20-17-10-15(25(29)30)7-8-18(17)31-12-19(26)22-21-11-16-2-1-9-23(16)13-3-5-14(6-4-13)24(27)28/h1-11H,12H2,(H,22,26)/b21-11-. The zero-order valence-electron chi connectivity index (χ0n) is 15.7. The molecule has 0 aliphatic rings. The van der Waals surface area contributed by atoms with Gasteiger partial charge in [0.05, 0.1) is 26.2 Å². The molecular weight excluding hydrogens is 474 g/mol. The van der Waals surface area contributed by atoms with Crippen LogP contribution in [0.3, 0.4) is 0 Å². The lowest BCUT2D eigenvalue weighted by molar-refractivity contribution is -0.385. The van der Waals surface area contributed by atoms with Gasteiger partial charge in [0.25, 0.3) is 17.3 Å². The predicted octanol–water partition coefficient (Wildman–Crippen LogP) is 3.59. The molecule has 158 valence electrons. The molecule has 1 amide bonds. The molecule has 0 aliphatic carbocycles. The first-order valence-electron chi connectivity index (χ1n) is 8.66. The average Bonchev–Trinajstić information content (AvgIpc) is 3.21. The largest absolute Gasteiger partial charge is 0.483 e. The summed E-state index contributed by atoms with van der Waals surface area (Å²) in [4.78, 5) is 32.4. The number of non-ortho nitro benzene ring substituents is 2. The summed E-state index contributed by atoms with van der Waals surface area (Å²) in [6.45, 7) is -0.350. The molecule has 0 fully saturated rings. The van der Waals surface area contributed by atoms with E-state index in [4.69, 9.17) is 4.74 Å². The molecule has 12 heteroatoms. The van der Waals surface area contributed by atoms with E-state index in [1.807, 2.05) is 0 Å². The fourth-order valence-corrected chi connectivity index (χ4v) is 3.02. The van der Waals surface area contributed by atoms with E-state index in [1.165, 1.54) is 36.5 Å². The van der Waals surface area contributed by atoms with Crippen molar-refractivity contribution in [3.63, 3.8) is 0 Å². The topological polar surface area (TPSA) is 142 Å². The van der Waals surface area contributed by atoms with Crippen molar-refractivity contribution in [2.75, 3.05) is 6.61 Å². The number of benzene rings is 2. The van der Waals surface area contributed by atoms with Gasteiger partial charge in [-0.05, 0) is 46.3 Å². The molecule has 11 nitrogen and oxygen atoms in total. The van der Waals surface area contributed by atoms with E-state index < -0.39 is 15.8 Å². The van der Waals surface area contributed by atoms with Crippen LogP contribution in [-0.4, -0.2) is 33.1 Å². The monoisotopic (exact) mass is 487 g/mol. The molecule has 3 rings (SSSR count). The van der Waals surface area contributed by atoms with Crippen LogP contribution in [0, 0.1) is 20.2 Å². The first-order chi connectivity index (χ1) is 14.8. The third-order valence-corrected chi connectivity index (χ3v) is 4.61. The molecule has 1 aromatic heterocycles. The number of hydrazone groups is 1. The number of rotatable bonds is 8. The van der Waals surface area contributed by atoms with Gasteiger partial charge in [-0.1, -0.05) is 0 Å². The minimum absolute atomic E-state index is 0.0157. The number of amides is 1. The number of hydrogen-bond donors (Lipinski definition) is 1. The minimum Gasteiger partial charge on any atom is -0.483 e. The van der Waals surface area contributed by atoms with Crippen LogP contribution < -0.4 is 10.2 Å². The highest BCUT2D eigenvalue weighted by molar-refractivity contribution is 9.10. The predicted molar refractivity (Wildman–Crippen MR) is 114 cm³/mol. The first-order valence-corrected chi connectivity index (χ1v) is 9.45. The van der Waals surface area contributed by atoms with Gasteiger partial charge in [-0.2, -0.15) is 5.10 Å². The summed E-state index contributed by atoms with van der Waals surface area (Å²) in [6.07, 6.45) is 3.17. The lowest BCUT2D eigenvalue weighted by Crippen LogP contribution is -2.24. The Hall–Kier alpha value is -4.06. The molecule has 31 heavy (non-hydrogen) atoms. The molecule has 0 saturated carbocycles. The van der Waals surface area contributed by atoms with Crippen LogP contribution in [0.1, 0.15) is 5.69 Å². The Bertz CT molecular complexity index is 1160. The van der Waals surface area contributed by atoms with Crippen LogP contribution >= 0.6 is 15.9 Å². The van der Waals surface area contributed by atoms with E-state index in [0.717, 1.165) is 0 Å². The first kappa shape index (κ1) is 21.6. The summed E-state index contributed by atoms with van der Waals surface area (Å²) in [7, 11) is 0. The summed E-state index contributed by atoms with van der Waals surface area (Å²) in [6, 6.07) is 13.4. The second kappa shape index (κ2) is 9.63. The molecule has 0 unspecified atom stereocenters. The van der Waals surface area contributed by atoms with Crippen molar-refractivity contribution in [1.82, 2.24) is 9.99 Å². The maximum Gasteiger partial charge on any atom is 0.277 e. The Balaban J connectivity index is 1.58. The van der Waals surface area contributed by atoms with Crippen LogP contribution in [0.2, 0.25) is 0 Å². The lowest BCUT2D eigenvalue weighted by atomic mass is 10.3. The van der Waals surface area contributed by atoms with Gasteiger partial charge in [-0.3, -0.25) is 25.0 Å². The van der Waals surface area contributed by atoms with Gasteiger partial charge in [-0.15, -0.1) is 0 Å². The number of nitrogens with zero attached hydrogens (tertiary/aromatic N) is 4. The number of halogens is 1. The average molecular weight is 488 g/mol. The Kier molecular flexibility index (Phi) is 6.72. The summed E-state index contributed by atoms with van der Waals surface area (Å²) < 4.78 is 7.42. The Labute approximate surface area is 183 Å². The maximum absolute atomic E-state index is 11.9. The fourth-order valence-electron chi connectivity index (χ4n) is 2.54. The lowest BCUT2D eigenvalue weighted by Gasteiger charge is -2.07. The number of nitro groups is 2. The van der Waals surface area contributed by atoms with Gasteiger partial charge in [0.2, 0.25) is 0 Å². The highest BCUT2D eigenvalue weighted by Crippen LogP contribution is 2.29. The fraction of sp³-hybridized carbons (Fsp3) is 0.0526. The Morgan fingerprint density at radius 1 is 1.10 bits per heavy atom. The van der Waals surface area contributed by atoms with Crippen molar-refractivity contribution in [2.45, 2.75) is 0 Å². The van der Waals surface area contributed by atoms with Crippen LogP contribution in [0.25, 0.3) is 5.69 Å². The normalized spacial score (nSPS) is 10.7. The number of nitro benzene ring substituents is 2. The summed E-state index contributed by atoms with van der Waals surface area (Å²) in [5.74, 6) is -0.258. The zero-order chi connectivity index (χ0) is 22.4. The van der Waals surface area contributed by atoms with E-state index in [2.05, 4.69) is 26.5 Å². The van der Waals surface area contributed by atoms with E-state index in [9.17, 15) is 25.0 Å².